The summed E-state index contributed by atoms with van der Waals surface area (Å²) in [5.41, 5.74) is 2.47. The Kier molecular flexibility index (Phi) is 6.30. The van der Waals surface area contributed by atoms with Gasteiger partial charge in [0, 0.05) is 25.0 Å². The monoisotopic (exact) mass is 355 g/mol. The number of β-amino-alcohol motifs (C(OH)–C–C–N with tert-alkyl or cyclic N) is 1. The van der Waals surface area contributed by atoms with Crippen LogP contribution in [0.1, 0.15) is 25.0 Å². The van der Waals surface area contributed by atoms with Crippen LogP contribution in [-0.2, 0) is 10.2 Å². The molecule has 2 aromatic carbocycles. The highest BCUT2D eigenvalue weighted by atomic mass is 16.5. The van der Waals surface area contributed by atoms with Crippen molar-refractivity contribution < 1.29 is 14.6 Å². The molecule has 1 unspecified atom stereocenters. The summed E-state index contributed by atoms with van der Waals surface area (Å²) in [4.78, 5) is 2.21. The largest absolute Gasteiger partial charge is 0.491 e. The molecule has 1 N–H and O–H groups in total. The molecule has 0 aromatic heterocycles. The van der Waals surface area contributed by atoms with Crippen molar-refractivity contribution in [1.29, 1.82) is 0 Å². The maximum atomic E-state index is 10.2. The molecule has 140 valence electrons. The molecule has 1 aliphatic heterocycles. The fourth-order valence-electron chi connectivity index (χ4n) is 3.32. The summed E-state index contributed by atoms with van der Waals surface area (Å²) in [6.07, 6.45) is -0.492. The molecular formula is C22H29NO3. The summed E-state index contributed by atoms with van der Waals surface area (Å²) in [6, 6.07) is 18.7. The van der Waals surface area contributed by atoms with Crippen LogP contribution in [0.25, 0.3) is 0 Å². The van der Waals surface area contributed by atoms with Crippen molar-refractivity contribution in [2.24, 2.45) is 0 Å². The molecule has 0 saturated carbocycles. The van der Waals surface area contributed by atoms with E-state index in [0.717, 1.165) is 32.1 Å². The third kappa shape index (κ3) is 4.85. The van der Waals surface area contributed by atoms with Crippen LogP contribution in [0.3, 0.4) is 0 Å². The Morgan fingerprint density at radius 3 is 2.27 bits per heavy atom. The first-order chi connectivity index (χ1) is 12.6. The van der Waals surface area contributed by atoms with Crippen LogP contribution in [0.2, 0.25) is 0 Å². The standard InChI is InChI=1S/C22H29NO3/c1-22(2,18-6-4-3-5-7-18)19-8-10-21(11-9-19)26-17-20(24)16-23-12-14-25-15-13-23/h3-11,20,24H,12-17H2,1-2H3. The highest BCUT2D eigenvalue weighted by Crippen LogP contribution is 2.32. The zero-order valence-corrected chi connectivity index (χ0v) is 15.7. The third-order valence-electron chi connectivity index (χ3n) is 5.09. The summed E-state index contributed by atoms with van der Waals surface area (Å²) in [6.45, 7) is 8.62. The van der Waals surface area contributed by atoms with Crippen LogP contribution in [0, 0.1) is 0 Å². The maximum Gasteiger partial charge on any atom is 0.119 e. The predicted octanol–water partition coefficient (Wildman–Crippen LogP) is 3.08. The zero-order valence-electron chi connectivity index (χ0n) is 15.7. The molecule has 2 aromatic rings. The average Bonchev–Trinajstić information content (AvgIpc) is 2.68. The molecule has 0 aliphatic carbocycles. The molecule has 1 heterocycles. The fraction of sp³-hybridized carbons (Fsp3) is 0.455. The van der Waals surface area contributed by atoms with Gasteiger partial charge in [-0.2, -0.15) is 0 Å². The topological polar surface area (TPSA) is 41.9 Å². The van der Waals surface area contributed by atoms with E-state index in [9.17, 15) is 5.11 Å². The number of hydrogen-bond donors (Lipinski definition) is 1. The lowest BCUT2D eigenvalue weighted by atomic mass is 9.78. The van der Waals surface area contributed by atoms with E-state index in [1.165, 1.54) is 11.1 Å². The second-order valence-corrected chi connectivity index (χ2v) is 7.39. The number of nitrogens with zero attached hydrogens (tertiary/aromatic N) is 1. The third-order valence-corrected chi connectivity index (χ3v) is 5.09. The molecule has 1 fully saturated rings. The number of ether oxygens (including phenoxy) is 2. The summed E-state index contributed by atoms with van der Waals surface area (Å²) >= 11 is 0. The van der Waals surface area contributed by atoms with Gasteiger partial charge in [-0.25, -0.2) is 0 Å². The van der Waals surface area contributed by atoms with E-state index in [-0.39, 0.29) is 5.41 Å². The first-order valence-electron chi connectivity index (χ1n) is 9.33. The molecule has 0 spiro atoms. The highest BCUT2D eigenvalue weighted by Gasteiger charge is 2.22. The van der Waals surface area contributed by atoms with Gasteiger partial charge in [0.2, 0.25) is 0 Å². The van der Waals surface area contributed by atoms with E-state index < -0.39 is 6.10 Å². The Morgan fingerprint density at radius 2 is 1.62 bits per heavy atom. The smallest absolute Gasteiger partial charge is 0.119 e. The van der Waals surface area contributed by atoms with Crippen molar-refractivity contribution in [2.75, 3.05) is 39.5 Å². The molecule has 3 rings (SSSR count). The van der Waals surface area contributed by atoms with Gasteiger partial charge in [0.05, 0.1) is 13.2 Å². The van der Waals surface area contributed by atoms with Crippen LogP contribution in [0.5, 0.6) is 5.75 Å². The normalized spacial score (nSPS) is 17.0. The van der Waals surface area contributed by atoms with Crippen LogP contribution in [-0.4, -0.2) is 55.6 Å². The molecule has 0 bridgehead atoms. The molecule has 1 saturated heterocycles. The Balaban J connectivity index is 1.54. The van der Waals surface area contributed by atoms with Gasteiger partial charge in [-0.15, -0.1) is 0 Å². The summed E-state index contributed by atoms with van der Waals surface area (Å²) in [5.74, 6) is 0.790. The van der Waals surface area contributed by atoms with Gasteiger partial charge in [-0.3, -0.25) is 4.90 Å². The molecule has 0 radical (unpaired) electrons. The lowest BCUT2D eigenvalue weighted by Crippen LogP contribution is -2.42. The van der Waals surface area contributed by atoms with Crippen molar-refractivity contribution in [1.82, 2.24) is 4.90 Å². The zero-order chi connectivity index (χ0) is 18.4. The predicted molar refractivity (Wildman–Crippen MR) is 104 cm³/mol. The highest BCUT2D eigenvalue weighted by molar-refractivity contribution is 5.39. The van der Waals surface area contributed by atoms with Crippen LogP contribution >= 0.6 is 0 Å². The average molecular weight is 355 g/mol. The van der Waals surface area contributed by atoms with Crippen molar-refractivity contribution in [3.8, 4) is 5.75 Å². The number of benzene rings is 2. The minimum absolute atomic E-state index is 0.0599. The number of hydrogen-bond acceptors (Lipinski definition) is 4. The van der Waals surface area contributed by atoms with Crippen molar-refractivity contribution in [3.63, 3.8) is 0 Å². The quantitative estimate of drug-likeness (QED) is 0.829. The minimum Gasteiger partial charge on any atom is -0.491 e. The Morgan fingerprint density at radius 1 is 1.00 bits per heavy atom. The van der Waals surface area contributed by atoms with E-state index >= 15 is 0 Å². The van der Waals surface area contributed by atoms with E-state index in [1.54, 1.807) is 0 Å². The van der Waals surface area contributed by atoms with Crippen LogP contribution in [0.15, 0.2) is 54.6 Å². The van der Waals surface area contributed by atoms with E-state index in [4.69, 9.17) is 9.47 Å². The minimum atomic E-state index is -0.492. The van der Waals surface area contributed by atoms with Crippen molar-refractivity contribution in [2.45, 2.75) is 25.4 Å². The molecule has 1 aliphatic rings. The maximum absolute atomic E-state index is 10.2. The summed E-state index contributed by atoms with van der Waals surface area (Å²) < 4.78 is 11.1. The van der Waals surface area contributed by atoms with Gasteiger partial charge < -0.3 is 14.6 Å². The van der Waals surface area contributed by atoms with Gasteiger partial charge in [-0.1, -0.05) is 56.3 Å². The first-order valence-corrected chi connectivity index (χ1v) is 9.33. The Labute approximate surface area is 156 Å². The van der Waals surface area contributed by atoms with Crippen molar-refractivity contribution in [3.05, 3.63) is 65.7 Å². The first kappa shape index (κ1) is 18.9. The number of morpholine rings is 1. The van der Waals surface area contributed by atoms with E-state index in [0.29, 0.717) is 13.2 Å². The van der Waals surface area contributed by atoms with Gasteiger partial charge in [0.1, 0.15) is 18.5 Å². The lowest BCUT2D eigenvalue weighted by molar-refractivity contribution is 0.00465. The molecule has 4 nitrogen and oxygen atoms in total. The molecule has 26 heavy (non-hydrogen) atoms. The van der Waals surface area contributed by atoms with Crippen molar-refractivity contribution >= 4 is 0 Å². The Bertz CT molecular complexity index is 664. The molecule has 4 heteroatoms. The molecular weight excluding hydrogens is 326 g/mol. The van der Waals surface area contributed by atoms with Gasteiger partial charge in [-0.05, 0) is 23.3 Å². The lowest BCUT2D eigenvalue weighted by Gasteiger charge is -2.28. The van der Waals surface area contributed by atoms with E-state index in [1.807, 2.05) is 18.2 Å². The second-order valence-electron chi connectivity index (χ2n) is 7.39. The fourth-order valence-corrected chi connectivity index (χ4v) is 3.32. The Hall–Kier alpha value is -1.88. The van der Waals surface area contributed by atoms with Gasteiger partial charge >= 0.3 is 0 Å². The SMILES string of the molecule is CC(C)(c1ccccc1)c1ccc(OCC(O)CN2CCOCC2)cc1. The molecule has 1 atom stereocenters. The second kappa shape index (κ2) is 8.67. The van der Waals surface area contributed by atoms with Crippen LogP contribution < -0.4 is 4.74 Å². The van der Waals surface area contributed by atoms with Gasteiger partial charge in [0.15, 0.2) is 0 Å². The summed E-state index contributed by atoms with van der Waals surface area (Å²) in [7, 11) is 0. The van der Waals surface area contributed by atoms with Crippen LogP contribution in [0.4, 0.5) is 0 Å². The summed E-state index contributed by atoms with van der Waals surface area (Å²) in [5, 5.41) is 10.2. The van der Waals surface area contributed by atoms with Gasteiger partial charge in [0.25, 0.3) is 0 Å². The van der Waals surface area contributed by atoms with E-state index in [2.05, 4.69) is 55.1 Å². The number of aliphatic hydroxyl groups is 1. The number of aliphatic hydroxyl groups excluding tert-OH is 1. The molecule has 0 amide bonds. The number of rotatable bonds is 7.